The second-order valence-electron chi connectivity index (χ2n) is 12.5. The molecule has 34 heavy (non-hydrogen) atoms. The summed E-state index contributed by atoms with van der Waals surface area (Å²) < 4.78 is 8.93. The SMILES string of the molecule is CC(C)(C)n1nc([C@H]2CC[C@@H](O[Si](C)(C)C(C)(C)C)C2)cc1Nc1ccc(Cl)c2c1CCCS2. The number of benzene rings is 1. The fraction of sp³-hybridized carbons (Fsp3) is 0.667. The van der Waals surface area contributed by atoms with Gasteiger partial charge in [-0.2, -0.15) is 5.10 Å². The van der Waals surface area contributed by atoms with Crippen molar-refractivity contribution in [2.45, 2.75) is 114 Å². The van der Waals surface area contributed by atoms with Gasteiger partial charge < -0.3 is 9.74 Å². The van der Waals surface area contributed by atoms with Crippen molar-refractivity contribution in [3.8, 4) is 0 Å². The Morgan fingerprint density at radius 3 is 2.56 bits per heavy atom. The molecule has 2 aromatic rings. The standard InChI is InChI=1S/C27H42ClN3OSSi/c1-26(2,3)31-24(29-22-14-13-21(28)25-20(22)10-9-15-33-25)17-23(30-31)18-11-12-19(16-18)32-34(7,8)27(4,5)6/h13-14,17-19,29H,9-12,15-16H2,1-8H3/t18-,19+/m0/s1. The van der Waals surface area contributed by atoms with E-state index in [1.807, 2.05) is 17.8 Å². The van der Waals surface area contributed by atoms with Crippen molar-refractivity contribution >= 4 is 43.2 Å². The molecule has 0 saturated heterocycles. The van der Waals surface area contributed by atoms with E-state index in [1.165, 1.54) is 22.6 Å². The minimum Gasteiger partial charge on any atom is -0.414 e. The number of hydrogen-bond acceptors (Lipinski definition) is 4. The molecule has 188 valence electrons. The van der Waals surface area contributed by atoms with Crippen LogP contribution in [-0.4, -0.2) is 30.0 Å². The number of halogens is 1. The molecule has 0 unspecified atom stereocenters. The molecule has 0 radical (unpaired) electrons. The monoisotopic (exact) mass is 519 g/mol. The average molecular weight is 520 g/mol. The molecule has 1 saturated carbocycles. The Hall–Kier alpha value is -0.953. The van der Waals surface area contributed by atoms with Crippen LogP contribution in [0, 0.1) is 0 Å². The third-order valence-corrected chi connectivity index (χ3v) is 13.9. The van der Waals surface area contributed by atoms with Crippen LogP contribution in [0.5, 0.6) is 0 Å². The summed E-state index contributed by atoms with van der Waals surface area (Å²) in [6, 6.07) is 6.44. The Balaban J connectivity index is 1.58. The summed E-state index contributed by atoms with van der Waals surface area (Å²) in [5, 5.41) is 10.0. The molecule has 1 fully saturated rings. The molecular formula is C27H42ClN3OSSi. The second kappa shape index (κ2) is 9.49. The summed E-state index contributed by atoms with van der Waals surface area (Å²) in [6.45, 7) is 18.4. The molecule has 0 spiro atoms. The van der Waals surface area contributed by atoms with Gasteiger partial charge in [0.1, 0.15) is 5.82 Å². The summed E-state index contributed by atoms with van der Waals surface area (Å²) in [4.78, 5) is 1.24. The third-order valence-electron chi connectivity index (χ3n) is 7.73. The number of thioether (sulfide) groups is 1. The van der Waals surface area contributed by atoms with Crippen LogP contribution in [0.2, 0.25) is 23.2 Å². The highest BCUT2D eigenvalue weighted by Crippen LogP contribution is 2.44. The normalized spacial score (nSPS) is 21.6. The van der Waals surface area contributed by atoms with E-state index in [0.717, 1.165) is 48.0 Å². The van der Waals surface area contributed by atoms with E-state index in [0.29, 0.717) is 12.0 Å². The van der Waals surface area contributed by atoms with E-state index in [2.05, 4.69) is 76.8 Å². The maximum Gasteiger partial charge on any atom is 0.192 e. The van der Waals surface area contributed by atoms with Gasteiger partial charge in [-0.3, -0.25) is 0 Å². The molecular weight excluding hydrogens is 478 g/mol. The highest BCUT2D eigenvalue weighted by atomic mass is 35.5. The highest BCUT2D eigenvalue weighted by Gasteiger charge is 2.41. The van der Waals surface area contributed by atoms with E-state index < -0.39 is 8.32 Å². The first-order valence-corrected chi connectivity index (χ1v) is 17.0. The van der Waals surface area contributed by atoms with Crippen LogP contribution < -0.4 is 5.32 Å². The van der Waals surface area contributed by atoms with Crippen molar-refractivity contribution in [3.63, 3.8) is 0 Å². The zero-order chi connectivity index (χ0) is 24.9. The lowest BCUT2D eigenvalue weighted by molar-refractivity contribution is 0.186. The van der Waals surface area contributed by atoms with Crippen molar-refractivity contribution in [1.29, 1.82) is 0 Å². The molecule has 1 aliphatic carbocycles. The van der Waals surface area contributed by atoms with Gasteiger partial charge in [0.05, 0.1) is 16.3 Å². The topological polar surface area (TPSA) is 39.1 Å². The van der Waals surface area contributed by atoms with Gasteiger partial charge in [-0.15, -0.1) is 11.8 Å². The third kappa shape index (κ3) is 5.40. The van der Waals surface area contributed by atoms with Gasteiger partial charge >= 0.3 is 0 Å². The zero-order valence-corrected chi connectivity index (χ0v) is 24.8. The van der Waals surface area contributed by atoms with Gasteiger partial charge in [-0.25, -0.2) is 4.68 Å². The van der Waals surface area contributed by atoms with Gasteiger partial charge in [-0.1, -0.05) is 32.4 Å². The minimum absolute atomic E-state index is 0.114. The number of hydrogen-bond donors (Lipinski definition) is 1. The van der Waals surface area contributed by atoms with E-state index in [4.69, 9.17) is 21.1 Å². The quantitative estimate of drug-likeness (QED) is 0.401. The van der Waals surface area contributed by atoms with Crippen molar-refractivity contribution < 1.29 is 4.43 Å². The van der Waals surface area contributed by atoms with Gasteiger partial charge in [0.15, 0.2) is 8.32 Å². The first-order valence-electron chi connectivity index (χ1n) is 12.8. The second-order valence-corrected chi connectivity index (χ2v) is 18.8. The van der Waals surface area contributed by atoms with Crippen LogP contribution in [-0.2, 0) is 16.4 Å². The Bertz CT molecular complexity index is 1040. The van der Waals surface area contributed by atoms with Gasteiger partial charge in [0.25, 0.3) is 0 Å². The van der Waals surface area contributed by atoms with Crippen LogP contribution in [0.3, 0.4) is 0 Å². The van der Waals surface area contributed by atoms with E-state index in [-0.39, 0.29) is 10.6 Å². The predicted molar refractivity (Wildman–Crippen MR) is 150 cm³/mol. The first-order chi connectivity index (χ1) is 15.8. The molecule has 1 N–H and O–H groups in total. The van der Waals surface area contributed by atoms with Crippen molar-refractivity contribution in [2.75, 3.05) is 11.1 Å². The fourth-order valence-corrected chi connectivity index (χ4v) is 7.62. The molecule has 7 heteroatoms. The number of fused-ring (bicyclic) bond motifs is 1. The Morgan fingerprint density at radius 2 is 1.88 bits per heavy atom. The Labute approximate surface area is 216 Å². The van der Waals surface area contributed by atoms with E-state index >= 15 is 0 Å². The molecule has 0 amide bonds. The van der Waals surface area contributed by atoms with Crippen LogP contribution >= 0.6 is 23.4 Å². The lowest BCUT2D eigenvalue weighted by atomic mass is 10.0. The van der Waals surface area contributed by atoms with Gasteiger partial charge in [0, 0.05) is 28.7 Å². The maximum atomic E-state index is 6.76. The zero-order valence-electron chi connectivity index (χ0n) is 22.2. The summed E-state index contributed by atoms with van der Waals surface area (Å²) >= 11 is 8.40. The van der Waals surface area contributed by atoms with Crippen LogP contribution in [0.4, 0.5) is 11.5 Å². The smallest absolute Gasteiger partial charge is 0.192 e. The summed E-state index contributed by atoms with van der Waals surface area (Å²) in [5.74, 6) is 2.66. The average Bonchev–Trinajstić information content (AvgIpc) is 3.36. The van der Waals surface area contributed by atoms with Crippen LogP contribution in [0.1, 0.15) is 84.4 Å². The summed E-state index contributed by atoms with van der Waals surface area (Å²) in [6.07, 6.45) is 5.95. The highest BCUT2D eigenvalue weighted by molar-refractivity contribution is 7.99. The molecule has 1 aliphatic heterocycles. The minimum atomic E-state index is -1.76. The van der Waals surface area contributed by atoms with E-state index in [9.17, 15) is 0 Å². The van der Waals surface area contributed by atoms with Crippen molar-refractivity contribution in [2.24, 2.45) is 0 Å². The molecule has 2 aliphatic rings. The molecule has 0 bridgehead atoms. The van der Waals surface area contributed by atoms with Crippen LogP contribution in [0.25, 0.3) is 0 Å². The first kappa shape index (κ1) is 26.1. The lowest BCUT2D eigenvalue weighted by Crippen LogP contribution is -2.43. The van der Waals surface area contributed by atoms with Crippen LogP contribution in [0.15, 0.2) is 23.1 Å². The number of nitrogens with one attached hydrogen (secondary N) is 1. The molecule has 4 rings (SSSR count). The molecule has 4 nitrogen and oxygen atoms in total. The molecule has 1 aromatic heterocycles. The predicted octanol–water partition coefficient (Wildman–Crippen LogP) is 8.73. The number of aromatic nitrogens is 2. The largest absolute Gasteiger partial charge is 0.414 e. The Morgan fingerprint density at radius 1 is 1.15 bits per heavy atom. The van der Waals surface area contributed by atoms with E-state index in [1.54, 1.807) is 0 Å². The molecule has 2 heterocycles. The summed E-state index contributed by atoms with van der Waals surface area (Å²) in [5.41, 5.74) is 3.58. The van der Waals surface area contributed by atoms with Crippen molar-refractivity contribution in [3.05, 3.63) is 34.5 Å². The lowest BCUT2D eigenvalue weighted by Gasteiger charge is -2.38. The number of rotatable bonds is 5. The Kier molecular flexibility index (Phi) is 7.29. The summed E-state index contributed by atoms with van der Waals surface area (Å²) in [7, 11) is -1.76. The van der Waals surface area contributed by atoms with Gasteiger partial charge in [0.2, 0.25) is 0 Å². The fourth-order valence-electron chi connectivity index (χ4n) is 4.79. The molecule has 2 atom stereocenters. The maximum absolute atomic E-state index is 6.76. The van der Waals surface area contributed by atoms with Crippen molar-refractivity contribution in [1.82, 2.24) is 9.78 Å². The van der Waals surface area contributed by atoms with Gasteiger partial charge in [-0.05, 0) is 94.5 Å². The molecule has 1 aromatic carbocycles. The number of nitrogens with zero attached hydrogens (tertiary/aromatic N) is 2. The number of anilines is 2.